The number of hydrogen-bond donors (Lipinski definition) is 2. The number of nitrogens with one attached hydrogen (secondary N) is 2. The molecule has 5 nitrogen and oxygen atoms in total. The minimum absolute atomic E-state index is 0.0459. The Morgan fingerprint density at radius 3 is 2.57 bits per heavy atom. The lowest BCUT2D eigenvalue weighted by atomic mass is 10.0. The van der Waals surface area contributed by atoms with Crippen molar-refractivity contribution in [1.82, 2.24) is 4.98 Å². The Bertz CT molecular complexity index is 637. The van der Waals surface area contributed by atoms with Crippen LogP contribution in [0.5, 0.6) is 5.75 Å². The molecular weight excluding hydrogens is 290 g/mol. The van der Waals surface area contributed by atoms with Crippen molar-refractivity contribution in [2.75, 3.05) is 17.7 Å². The maximum atomic E-state index is 12.1. The molecule has 1 amide bonds. The van der Waals surface area contributed by atoms with Gasteiger partial charge in [0, 0.05) is 17.7 Å². The van der Waals surface area contributed by atoms with Crippen molar-refractivity contribution in [3.8, 4) is 5.75 Å². The third-order valence-corrected chi connectivity index (χ3v) is 3.73. The highest BCUT2D eigenvalue weighted by molar-refractivity contribution is 5.92. The molecule has 0 fully saturated rings. The van der Waals surface area contributed by atoms with E-state index in [0.29, 0.717) is 11.5 Å². The van der Waals surface area contributed by atoms with Gasteiger partial charge in [0.2, 0.25) is 5.91 Å². The molecular formula is C18H23N3O2. The zero-order chi connectivity index (χ0) is 16.7. The Balaban J connectivity index is 2.00. The molecule has 1 aromatic carbocycles. The SMILES string of the molecule is CCC(CC)C(=O)Nc1ccc(Nc2cccc(OC)c2)nc1. The summed E-state index contributed by atoms with van der Waals surface area (Å²) in [6.45, 7) is 4.04. The number of hydrogen-bond acceptors (Lipinski definition) is 4. The van der Waals surface area contributed by atoms with Crippen LogP contribution in [0.3, 0.4) is 0 Å². The van der Waals surface area contributed by atoms with Crippen LogP contribution in [0.4, 0.5) is 17.2 Å². The van der Waals surface area contributed by atoms with Gasteiger partial charge >= 0.3 is 0 Å². The molecule has 1 aromatic heterocycles. The molecule has 1 heterocycles. The fourth-order valence-corrected chi connectivity index (χ4v) is 2.29. The Kier molecular flexibility index (Phi) is 5.97. The van der Waals surface area contributed by atoms with E-state index < -0.39 is 0 Å². The Labute approximate surface area is 137 Å². The first kappa shape index (κ1) is 16.8. The van der Waals surface area contributed by atoms with Gasteiger partial charge in [-0.3, -0.25) is 4.79 Å². The lowest BCUT2D eigenvalue weighted by molar-refractivity contribution is -0.120. The highest BCUT2D eigenvalue weighted by atomic mass is 16.5. The minimum atomic E-state index is 0.0459. The average Bonchev–Trinajstić information content (AvgIpc) is 2.58. The minimum Gasteiger partial charge on any atom is -0.497 e. The standard InChI is InChI=1S/C18H23N3O2/c1-4-13(5-2)18(22)21-15-9-10-17(19-12-15)20-14-7-6-8-16(11-14)23-3/h6-13H,4-5H2,1-3H3,(H,19,20)(H,21,22). The van der Waals surface area contributed by atoms with Crippen LogP contribution in [0.25, 0.3) is 0 Å². The molecule has 0 spiro atoms. The van der Waals surface area contributed by atoms with Crippen LogP contribution in [0.1, 0.15) is 26.7 Å². The van der Waals surface area contributed by atoms with Gasteiger partial charge in [0.25, 0.3) is 0 Å². The molecule has 0 aliphatic carbocycles. The van der Waals surface area contributed by atoms with Crippen LogP contribution in [-0.2, 0) is 4.79 Å². The monoisotopic (exact) mass is 313 g/mol. The largest absolute Gasteiger partial charge is 0.497 e. The van der Waals surface area contributed by atoms with Gasteiger partial charge in [-0.1, -0.05) is 19.9 Å². The van der Waals surface area contributed by atoms with Gasteiger partial charge in [-0.05, 0) is 37.1 Å². The zero-order valence-electron chi connectivity index (χ0n) is 13.8. The topological polar surface area (TPSA) is 63.2 Å². The van der Waals surface area contributed by atoms with E-state index >= 15 is 0 Å². The number of pyridine rings is 1. The number of nitrogens with zero attached hydrogens (tertiary/aromatic N) is 1. The molecule has 5 heteroatoms. The zero-order valence-corrected chi connectivity index (χ0v) is 13.8. The molecule has 0 aliphatic heterocycles. The normalized spacial score (nSPS) is 10.4. The number of anilines is 3. The number of carbonyl (C=O) groups is 1. The fourth-order valence-electron chi connectivity index (χ4n) is 2.29. The quantitative estimate of drug-likeness (QED) is 0.804. The lowest BCUT2D eigenvalue weighted by Crippen LogP contribution is -2.21. The summed E-state index contributed by atoms with van der Waals surface area (Å²) in [7, 11) is 1.63. The summed E-state index contributed by atoms with van der Waals surface area (Å²) in [6.07, 6.45) is 3.33. The number of rotatable bonds is 7. The fraction of sp³-hybridized carbons (Fsp3) is 0.333. The van der Waals surface area contributed by atoms with Crippen LogP contribution >= 0.6 is 0 Å². The molecule has 0 saturated heterocycles. The summed E-state index contributed by atoms with van der Waals surface area (Å²) in [4.78, 5) is 16.4. The van der Waals surface area contributed by atoms with Gasteiger partial charge < -0.3 is 15.4 Å². The summed E-state index contributed by atoms with van der Waals surface area (Å²) >= 11 is 0. The first-order valence-electron chi connectivity index (χ1n) is 7.84. The Morgan fingerprint density at radius 2 is 1.96 bits per heavy atom. The van der Waals surface area contributed by atoms with Crippen molar-refractivity contribution >= 4 is 23.1 Å². The predicted molar refractivity (Wildman–Crippen MR) is 93.2 cm³/mol. The van der Waals surface area contributed by atoms with Crippen LogP contribution in [0.2, 0.25) is 0 Å². The Morgan fingerprint density at radius 1 is 1.17 bits per heavy atom. The average molecular weight is 313 g/mol. The number of methoxy groups -OCH3 is 1. The summed E-state index contributed by atoms with van der Waals surface area (Å²) in [5, 5.41) is 6.10. The van der Waals surface area contributed by atoms with Crippen molar-refractivity contribution in [2.45, 2.75) is 26.7 Å². The van der Waals surface area contributed by atoms with Crippen LogP contribution in [0.15, 0.2) is 42.6 Å². The van der Waals surface area contributed by atoms with Gasteiger partial charge in [0.1, 0.15) is 11.6 Å². The summed E-state index contributed by atoms with van der Waals surface area (Å²) in [5.41, 5.74) is 1.60. The molecule has 0 radical (unpaired) electrons. The molecule has 122 valence electrons. The van der Waals surface area contributed by atoms with Gasteiger partial charge in [-0.15, -0.1) is 0 Å². The highest BCUT2D eigenvalue weighted by Gasteiger charge is 2.14. The molecule has 2 rings (SSSR count). The third kappa shape index (κ3) is 4.71. The second-order valence-corrected chi connectivity index (χ2v) is 5.29. The maximum absolute atomic E-state index is 12.1. The number of aromatic nitrogens is 1. The lowest BCUT2D eigenvalue weighted by Gasteiger charge is -2.13. The van der Waals surface area contributed by atoms with Gasteiger partial charge in [0.05, 0.1) is 19.0 Å². The van der Waals surface area contributed by atoms with Gasteiger partial charge in [-0.25, -0.2) is 4.98 Å². The summed E-state index contributed by atoms with van der Waals surface area (Å²) in [6, 6.07) is 11.3. The maximum Gasteiger partial charge on any atom is 0.227 e. The number of benzene rings is 1. The first-order chi connectivity index (χ1) is 11.2. The van der Waals surface area contributed by atoms with E-state index in [0.717, 1.165) is 24.3 Å². The number of ether oxygens (including phenoxy) is 1. The van der Waals surface area contributed by atoms with Crippen molar-refractivity contribution in [3.05, 3.63) is 42.6 Å². The molecule has 0 atom stereocenters. The molecule has 0 aliphatic rings. The first-order valence-corrected chi connectivity index (χ1v) is 7.84. The third-order valence-electron chi connectivity index (χ3n) is 3.73. The predicted octanol–water partition coefficient (Wildman–Crippen LogP) is 4.21. The summed E-state index contributed by atoms with van der Waals surface area (Å²) in [5.74, 6) is 1.58. The van der Waals surface area contributed by atoms with Crippen molar-refractivity contribution in [2.24, 2.45) is 5.92 Å². The van der Waals surface area contributed by atoms with Crippen molar-refractivity contribution < 1.29 is 9.53 Å². The van der Waals surface area contributed by atoms with E-state index in [9.17, 15) is 4.79 Å². The molecule has 23 heavy (non-hydrogen) atoms. The molecule has 2 aromatic rings. The summed E-state index contributed by atoms with van der Waals surface area (Å²) < 4.78 is 5.19. The molecule has 2 N–H and O–H groups in total. The molecule has 0 unspecified atom stereocenters. The van der Waals surface area contributed by atoms with Crippen LogP contribution in [-0.4, -0.2) is 18.0 Å². The Hall–Kier alpha value is -2.56. The second kappa shape index (κ2) is 8.17. The number of amides is 1. The van der Waals surface area contributed by atoms with Gasteiger partial charge in [0.15, 0.2) is 0 Å². The van der Waals surface area contributed by atoms with Crippen LogP contribution in [0, 0.1) is 5.92 Å². The van der Waals surface area contributed by atoms with E-state index in [4.69, 9.17) is 4.74 Å². The van der Waals surface area contributed by atoms with Crippen molar-refractivity contribution in [3.63, 3.8) is 0 Å². The smallest absolute Gasteiger partial charge is 0.227 e. The van der Waals surface area contributed by atoms with Crippen LogP contribution < -0.4 is 15.4 Å². The van der Waals surface area contributed by atoms with E-state index in [1.54, 1.807) is 13.3 Å². The van der Waals surface area contributed by atoms with Crippen molar-refractivity contribution in [1.29, 1.82) is 0 Å². The van der Waals surface area contributed by atoms with E-state index in [1.165, 1.54) is 0 Å². The highest BCUT2D eigenvalue weighted by Crippen LogP contribution is 2.21. The van der Waals surface area contributed by atoms with E-state index in [1.807, 2.05) is 50.2 Å². The van der Waals surface area contributed by atoms with Gasteiger partial charge in [-0.2, -0.15) is 0 Å². The second-order valence-electron chi connectivity index (χ2n) is 5.29. The van der Waals surface area contributed by atoms with E-state index in [-0.39, 0.29) is 11.8 Å². The number of carbonyl (C=O) groups excluding carboxylic acids is 1. The van der Waals surface area contributed by atoms with E-state index in [2.05, 4.69) is 15.6 Å². The molecule has 0 bridgehead atoms. The molecule has 0 saturated carbocycles.